The molecule has 1 fully saturated rings. The van der Waals surface area contributed by atoms with Crippen LogP contribution in [0, 0.1) is 11.3 Å². The fraction of sp³-hybridized carbons (Fsp3) is 0.400. The Morgan fingerprint density at radius 3 is 2.76 bits per heavy atom. The van der Waals surface area contributed by atoms with E-state index in [9.17, 15) is 18.4 Å². The van der Waals surface area contributed by atoms with Gasteiger partial charge < -0.3 is 16.0 Å². The summed E-state index contributed by atoms with van der Waals surface area (Å²) in [5.41, 5.74) is 9.12. The fourth-order valence-corrected chi connectivity index (χ4v) is 4.66. The molecule has 4 aromatic heterocycles. The second-order valence-electron chi connectivity index (χ2n) is 9.67. The molecule has 0 amide bonds. The average molecular weight is 525 g/mol. The molecule has 5 rings (SSSR count). The van der Waals surface area contributed by atoms with Gasteiger partial charge in [-0.15, -0.1) is 0 Å². The number of alkyl halides is 3. The molecule has 0 radical (unpaired) electrons. The molecular weight excluding hydrogens is 497 g/mol. The summed E-state index contributed by atoms with van der Waals surface area (Å²) in [6.45, 7) is 4.13. The van der Waals surface area contributed by atoms with Crippen molar-refractivity contribution in [3.63, 3.8) is 0 Å². The number of hydrogen-bond donors (Lipinski definition) is 2. The number of rotatable bonds is 6. The lowest BCUT2D eigenvalue weighted by Gasteiger charge is -2.34. The van der Waals surface area contributed by atoms with E-state index in [-0.39, 0.29) is 12.1 Å². The van der Waals surface area contributed by atoms with Crippen molar-refractivity contribution >= 4 is 28.4 Å². The molecule has 4 aromatic rings. The van der Waals surface area contributed by atoms with Crippen LogP contribution in [0.3, 0.4) is 0 Å². The topological polar surface area (TPSA) is 126 Å². The SMILES string of the molecule is CC(C)n1nc(C#N)c2ccc(Nc3cc(N4CCC[C@H](N)C4)c(-c4cnn(CC(F)(F)F)c4)cn3)nc21. The summed E-state index contributed by atoms with van der Waals surface area (Å²) < 4.78 is 41.2. The molecule has 0 aromatic carbocycles. The fourth-order valence-electron chi connectivity index (χ4n) is 4.66. The first-order valence-electron chi connectivity index (χ1n) is 12.3. The predicted octanol–water partition coefficient (Wildman–Crippen LogP) is 4.38. The van der Waals surface area contributed by atoms with Gasteiger partial charge in [0.25, 0.3) is 0 Å². The van der Waals surface area contributed by atoms with Crippen molar-refractivity contribution in [3.05, 3.63) is 42.5 Å². The van der Waals surface area contributed by atoms with E-state index in [2.05, 4.69) is 36.5 Å². The van der Waals surface area contributed by atoms with Gasteiger partial charge in [-0.2, -0.15) is 28.6 Å². The first-order valence-corrected chi connectivity index (χ1v) is 12.3. The van der Waals surface area contributed by atoms with Gasteiger partial charge in [0.15, 0.2) is 11.3 Å². The van der Waals surface area contributed by atoms with Crippen LogP contribution in [-0.4, -0.2) is 54.8 Å². The Kier molecular flexibility index (Phi) is 6.66. The summed E-state index contributed by atoms with van der Waals surface area (Å²) in [5.74, 6) is 1.02. The number of hydrogen-bond acceptors (Lipinski definition) is 8. The Hall–Kier alpha value is -4.18. The Labute approximate surface area is 216 Å². The minimum atomic E-state index is -4.37. The number of nitrogens with two attached hydrogens (primary N) is 1. The van der Waals surface area contributed by atoms with E-state index >= 15 is 0 Å². The lowest BCUT2D eigenvalue weighted by Crippen LogP contribution is -2.43. The molecule has 198 valence electrons. The molecule has 1 aliphatic rings. The molecule has 1 aliphatic heterocycles. The molecule has 0 aliphatic carbocycles. The lowest BCUT2D eigenvalue weighted by atomic mass is 10.0. The van der Waals surface area contributed by atoms with Gasteiger partial charge in [-0.3, -0.25) is 4.68 Å². The van der Waals surface area contributed by atoms with E-state index in [1.54, 1.807) is 23.0 Å². The largest absolute Gasteiger partial charge is 0.408 e. The van der Waals surface area contributed by atoms with Crippen molar-refractivity contribution < 1.29 is 13.2 Å². The third-order valence-corrected chi connectivity index (χ3v) is 6.37. The summed E-state index contributed by atoms with van der Waals surface area (Å²) in [4.78, 5) is 11.3. The van der Waals surface area contributed by atoms with Gasteiger partial charge >= 0.3 is 6.18 Å². The number of halogens is 3. The van der Waals surface area contributed by atoms with Crippen LogP contribution in [0.1, 0.15) is 38.4 Å². The second kappa shape index (κ2) is 9.94. The maximum Gasteiger partial charge on any atom is 0.408 e. The van der Waals surface area contributed by atoms with Crippen molar-refractivity contribution in [1.29, 1.82) is 5.26 Å². The number of aromatic nitrogens is 6. The Morgan fingerprint density at radius 1 is 1.24 bits per heavy atom. The average Bonchev–Trinajstić information content (AvgIpc) is 3.47. The first kappa shape index (κ1) is 25.5. The van der Waals surface area contributed by atoms with Gasteiger partial charge in [-0.25, -0.2) is 14.6 Å². The van der Waals surface area contributed by atoms with Crippen LogP contribution in [0.15, 0.2) is 36.8 Å². The van der Waals surface area contributed by atoms with Crippen molar-refractivity contribution in [2.45, 2.75) is 51.5 Å². The van der Waals surface area contributed by atoms with Gasteiger partial charge in [-0.1, -0.05) is 0 Å². The van der Waals surface area contributed by atoms with Crippen LogP contribution in [-0.2, 0) is 6.54 Å². The number of piperidine rings is 1. The molecular formula is C25H27F3N10. The highest BCUT2D eigenvalue weighted by Crippen LogP contribution is 2.35. The maximum absolute atomic E-state index is 12.9. The molecule has 13 heteroatoms. The van der Waals surface area contributed by atoms with E-state index in [4.69, 9.17) is 5.73 Å². The van der Waals surface area contributed by atoms with Crippen molar-refractivity contribution in [3.8, 4) is 17.2 Å². The Morgan fingerprint density at radius 2 is 2.05 bits per heavy atom. The van der Waals surface area contributed by atoms with E-state index in [1.807, 2.05) is 19.9 Å². The van der Waals surface area contributed by atoms with E-state index in [1.165, 1.54) is 12.4 Å². The first-order chi connectivity index (χ1) is 18.1. The molecule has 0 saturated carbocycles. The number of nitrogens with zero attached hydrogens (tertiary/aromatic N) is 8. The van der Waals surface area contributed by atoms with Crippen LogP contribution < -0.4 is 16.0 Å². The number of nitriles is 1. The zero-order valence-corrected chi connectivity index (χ0v) is 20.9. The molecule has 5 heterocycles. The van der Waals surface area contributed by atoms with E-state index in [0.717, 1.165) is 29.8 Å². The minimum absolute atomic E-state index is 0.00735. The summed E-state index contributed by atoms with van der Waals surface area (Å²) in [7, 11) is 0. The van der Waals surface area contributed by atoms with Crippen molar-refractivity contribution in [1.82, 2.24) is 29.5 Å². The maximum atomic E-state index is 12.9. The van der Waals surface area contributed by atoms with Gasteiger partial charge in [-0.05, 0) is 38.8 Å². The quantitative estimate of drug-likeness (QED) is 0.381. The Balaban J connectivity index is 1.51. The van der Waals surface area contributed by atoms with Gasteiger partial charge in [0, 0.05) is 60.4 Å². The van der Waals surface area contributed by atoms with Crippen LogP contribution in [0.4, 0.5) is 30.5 Å². The highest BCUT2D eigenvalue weighted by molar-refractivity contribution is 5.84. The minimum Gasteiger partial charge on any atom is -0.369 e. The van der Waals surface area contributed by atoms with Gasteiger partial charge in [0.1, 0.15) is 24.2 Å². The van der Waals surface area contributed by atoms with Crippen LogP contribution in [0.25, 0.3) is 22.2 Å². The Bertz CT molecular complexity index is 1500. The molecule has 1 atom stereocenters. The molecule has 38 heavy (non-hydrogen) atoms. The van der Waals surface area contributed by atoms with Crippen molar-refractivity contribution in [2.24, 2.45) is 5.73 Å². The number of nitrogens with one attached hydrogen (secondary N) is 1. The third kappa shape index (κ3) is 5.26. The smallest absolute Gasteiger partial charge is 0.369 e. The number of anilines is 3. The monoisotopic (exact) mass is 524 g/mol. The summed E-state index contributed by atoms with van der Waals surface area (Å²) >= 11 is 0. The standard InChI is InChI=1S/C25H27F3N10/c1-15(2)38-24-18(20(9-29)35-38)5-6-22(34-24)33-23-8-21(36-7-3-4-17(30)13-36)19(11-31-23)16-10-32-37(12-16)14-25(26,27)28/h5-6,8,10-12,15,17H,3-4,7,13-14,30H2,1-2H3,(H,31,33,34)/t17-/m0/s1. The third-order valence-electron chi connectivity index (χ3n) is 6.37. The predicted molar refractivity (Wildman–Crippen MR) is 137 cm³/mol. The van der Waals surface area contributed by atoms with Crippen LogP contribution >= 0.6 is 0 Å². The highest BCUT2D eigenvalue weighted by Gasteiger charge is 2.29. The van der Waals surface area contributed by atoms with E-state index in [0.29, 0.717) is 46.0 Å². The molecule has 0 bridgehead atoms. The lowest BCUT2D eigenvalue weighted by molar-refractivity contribution is -0.142. The summed E-state index contributed by atoms with van der Waals surface area (Å²) in [6, 6.07) is 7.50. The van der Waals surface area contributed by atoms with E-state index < -0.39 is 12.7 Å². The molecule has 1 saturated heterocycles. The summed E-state index contributed by atoms with van der Waals surface area (Å²) in [5, 5.41) is 21.6. The van der Waals surface area contributed by atoms with Crippen molar-refractivity contribution in [2.75, 3.05) is 23.3 Å². The zero-order valence-electron chi connectivity index (χ0n) is 20.9. The van der Waals surface area contributed by atoms with Crippen LogP contribution in [0.5, 0.6) is 0 Å². The molecule has 0 spiro atoms. The zero-order chi connectivity index (χ0) is 27.0. The van der Waals surface area contributed by atoms with Gasteiger partial charge in [0.05, 0.1) is 11.6 Å². The van der Waals surface area contributed by atoms with Crippen LogP contribution in [0.2, 0.25) is 0 Å². The normalized spacial score (nSPS) is 16.3. The molecule has 10 nitrogen and oxygen atoms in total. The molecule has 0 unspecified atom stereocenters. The highest BCUT2D eigenvalue weighted by atomic mass is 19.4. The number of pyridine rings is 2. The molecule has 3 N–H and O–H groups in total. The van der Waals surface area contributed by atoms with Gasteiger partial charge in [0.2, 0.25) is 0 Å². The number of fused-ring (bicyclic) bond motifs is 1. The second-order valence-corrected chi connectivity index (χ2v) is 9.67. The summed E-state index contributed by atoms with van der Waals surface area (Å²) in [6.07, 6.45) is 1.85.